The van der Waals surface area contributed by atoms with E-state index in [1.807, 2.05) is 0 Å². The maximum Gasteiger partial charge on any atom is 0.174 e. The lowest BCUT2D eigenvalue weighted by Crippen LogP contribution is -2.18. The van der Waals surface area contributed by atoms with Crippen LogP contribution in [0.3, 0.4) is 0 Å². The highest BCUT2D eigenvalue weighted by atomic mass is 19.1. The average Bonchev–Trinajstić information content (AvgIpc) is 3.24. The molecule has 0 aliphatic rings. The molecule has 0 radical (unpaired) electrons. The van der Waals surface area contributed by atoms with Gasteiger partial charge in [-0.3, -0.25) is 4.40 Å². The van der Waals surface area contributed by atoms with Crippen LogP contribution in [0.5, 0.6) is 0 Å². The Kier molecular flexibility index (Phi) is 3.66. The molecule has 0 bridgehead atoms. The summed E-state index contributed by atoms with van der Waals surface area (Å²) in [5, 5.41) is 10.1. The molecule has 0 unspecified atom stereocenters. The second kappa shape index (κ2) is 5.78. The Bertz CT molecular complexity index is 1090. The highest BCUT2D eigenvalue weighted by molar-refractivity contribution is 5.72. The highest BCUT2D eigenvalue weighted by Crippen LogP contribution is 2.31. The molecule has 0 spiro atoms. The standard InChI is InChI=1S/C20H17F2N3O/c1-20(2,26)14-7-9-25-17(11-24-19(25)18(14)22)12-5-6-15(21)13(10-12)16-4-3-8-23-16/h3-11,23,26H,1-2H3. The number of aromatic amines is 1. The minimum atomic E-state index is -1.31. The van der Waals surface area contributed by atoms with Gasteiger partial charge in [0.2, 0.25) is 0 Å². The first-order valence-corrected chi connectivity index (χ1v) is 8.18. The maximum absolute atomic E-state index is 14.8. The molecule has 26 heavy (non-hydrogen) atoms. The first kappa shape index (κ1) is 16.5. The van der Waals surface area contributed by atoms with Crippen LogP contribution in [0.1, 0.15) is 19.4 Å². The van der Waals surface area contributed by atoms with Crippen molar-refractivity contribution in [3.63, 3.8) is 0 Å². The van der Waals surface area contributed by atoms with Crippen molar-refractivity contribution in [2.24, 2.45) is 0 Å². The number of halogens is 2. The number of nitrogens with one attached hydrogen (secondary N) is 1. The largest absolute Gasteiger partial charge is 0.386 e. The van der Waals surface area contributed by atoms with E-state index < -0.39 is 11.4 Å². The van der Waals surface area contributed by atoms with E-state index in [1.165, 1.54) is 32.2 Å². The van der Waals surface area contributed by atoms with Crippen molar-refractivity contribution in [1.82, 2.24) is 14.4 Å². The first-order valence-electron chi connectivity index (χ1n) is 8.18. The van der Waals surface area contributed by atoms with Crippen molar-refractivity contribution in [3.05, 3.63) is 72.2 Å². The minimum absolute atomic E-state index is 0.116. The average molecular weight is 353 g/mol. The molecule has 0 saturated carbocycles. The van der Waals surface area contributed by atoms with E-state index in [4.69, 9.17) is 0 Å². The van der Waals surface area contributed by atoms with Gasteiger partial charge < -0.3 is 10.1 Å². The molecule has 4 aromatic rings. The topological polar surface area (TPSA) is 53.3 Å². The summed E-state index contributed by atoms with van der Waals surface area (Å²) in [6.07, 6.45) is 4.92. The Morgan fingerprint density at radius 3 is 2.65 bits per heavy atom. The van der Waals surface area contributed by atoms with Crippen LogP contribution in [0.15, 0.2) is 55.0 Å². The third-order valence-electron chi connectivity index (χ3n) is 4.43. The predicted octanol–water partition coefficient (Wildman–Crippen LogP) is 4.50. The molecule has 2 N–H and O–H groups in total. The number of benzene rings is 1. The number of nitrogens with zero attached hydrogens (tertiary/aromatic N) is 2. The quantitative estimate of drug-likeness (QED) is 0.570. The molecule has 0 aliphatic heterocycles. The summed E-state index contributed by atoms with van der Waals surface area (Å²) < 4.78 is 30.6. The molecule has 0 saturated heterocycles. The Morgan fingerprint density at radius 1 is 1.15 bits per heavy atom. The smallest absolute Gasteiger partial charge is 0.174 e. The van der Waals surface area contributed by atoms with Gasteiger partial charge in [-0.05, 0) is 50.2 Å². The zero-order chi connectivity index (χ0) is 18.5. The second-order valence-electron chi connectivity index (χ2n) is 6.72. The zero-order valence-corrected chi connectivity index (χ0v) is 14.3. The fourth-order valence-corrected chi connectivity index (χ4v) is 3.09. The number of rotatable bonds is 3. The summed E-state index contributed by atoms with van der Waals surface area (Å²) in [4.78, 5) is 7.15. The van der Waals surface area contributed by atoms with Crippen LogP contribution in [0.25, 0.3) is 28.2 Å². The number of aromatic nitrogens is 3. The number of imidazole rings is 1. The predicted molar refractivity (Wildman–Crippen MR) is 95.6 cm³/mol. The van der Waals surface area contributed by atoms with Crippen LogP contribution in [0.4, 0.5) is 8.78 Å². The molecule has 0 fully saturated rings. The monoisotopic (exact) mass is 353 g/mol. The molecular formula is C20H17F2N3O. The van der Waals surface area contributed by atoms with Gasteiger partial charge in [0.1, 0.15) is 5.82 Å². The van der Waals surface area contributed by atoms with Crippen molar-refractivity contribution < 1.29 is 13.9 Å². The van der Waals surface area contributed by atoms with Crippen molar-refractivity contribution >= 4 is 5.65 Å². The number of hydrogen-bond acceptors (Lipinski definition) is 2. The lowest BCUT2D eigenvalue weighted by atomic mass is 9.99. The summed E-state index contributed by atoms with van der Waals surface area (Å²) in [6, 6.07) is 9.82. The fourth-order valence-electron chi connectivity index (χ4n) is 3.09. The Hall–Kier alpha value is -2.99. The first-order chi connectivity index (χ1) is 12.4. The van der Waals surface area contributed by atoms with E-state index in [-0.39, 0.29) is 17.0 Å². The van der Waals surface area contributed by atoms with E-state index in [0.29, 0.717) is 22.5 Å². The van der Waals surface area contributed by atoms with Gasteiger partial charge in [-0.25, -0.2) is 13.8 Å². The molecule has 3 aromatic heterocycles. The van der Waals surface area contributed by atoms with Crippen LogP contribution in [0.2, 0.25) is 0 Å². The summed E-state index contributed by atoms with van der Waals surface area (Å²) in [5.41, 5.74) is 1.41. The van der Waals surface area contributed by atoms with Gasteiger partial charge in [-0.1, -0.05) is 0 Å². The molecule has 1 aromatic carbocycles. The van der Waals surface area contributed by atoms with Gasteiger partial charge in [0.15, 0.2) is 11.5 Å². The fraction of sp³-hybridized carbons (Fsp3) is 0.150. The Labute approximate surface area is 148 Å². The minimum Gasteiger partial charge on any atom is -0.386 e. The maximum atomic E-state index is 14.8. The summed E-state index contributed by atoms with van der Waals surface area (Å²) >= 11 is 0. The van der Waals surface area contributed by atoms with Crippen LogP contribution >= 0.6 is 0 Å². The van der Waals surface area contributed by atoms with Gasteiger partial charge in [-0.2, -0.15) is 0 Å². The highest BCUT2D eigenvalue weighted by Gasteiger charge is 2.24. The lowest BCUT2D eigenvalue weighted by Gasteiger charge is -2.18. The summed E-state index contributed by atoms with van der Waals surface area (Å²) in [6.45, 7) is 3.04. The molecule has 0 atom stereocenters. The molecule has 0 aliphatic carbocycles. The number of pyridine rings is 1. The van der Waals surface area contributed by atoms with Crippen molar-refractivity contribution in [2.75, 3.05) is 0 Å². The Balaban J connectivity index is 1.88. The number of fused-ring (bicyclic) bond motifs is 1. The number of hydrogen-bond donors (Lipinski definition) is 2. The van der Waals surface area contributed by atoms with Crippen LogP contribution < -0.4 is 0 Å². The van der Waals surface area contributed by atoms with Gasteiger partial charge in [0, 0.05) is 34.8 Å². The Morgan fingerprint density at radius 2 is 1.96 bits per heavy atom. The van der Waals surface area contributed by atoms with Crippen molar-refractivity contribution in [1.29, 1.82) is 0 Å². The van der Waals surface area contributed by atoms with E-state index in [9.17, 15) is 13.9 Å². The van der Waals surface area contributed by atoms with E-state index in [1.54, 1.807) is 41.1 Å². The van der Waals surface area contributed by atoms with Crippen molar-refractivity contribution in [2.45, 2.75) is 19.4 Å². The molecule has 3 heterocycles. The number of H-pyrrole nitrogens is 1. The molecule has 4 nitrogen and oxygen atoms in total. The molecular weight excluding hydrogens is 336 g/mol. The summed E-state index contributed by atoms with van der Waals surface area (Å²) in [7, 11) is 0. The third kappa shape index (κ3) is 2.59. The molecule has 0 amide bonds. The van der Waals surface area contributed by atoms with Gasteiger partial charge in [0.25, 0.3) is 0 Å². The van der Waals surface area contributed by atoms with Crippen LogP contribution in [-0.2, 0) is 5.60 Å². The van der Waals surface area contributed by atoms with E-state index >= 15 is 0 Å². The molecule has 4 rings (SSSR count). The second-order valence-corrected chi connectivity index (χ2v) is 6.72. The summed E-state index contributed by atoms with van der Waals surface area (Å²) in [5.74, 6) is -0.918. The van der Waals surface area contributed by atoms with Crippen LogP contribution in [-0.4, -0.2) is 19.5 Å². The molecule has 132 valence electrons. The van der Waals surface area contributed by atoms with Gasteiger partial charge in [-0.15, -0.1) is 0 Å². The van der Waals surface area contributed by atoms with E-state index in [2.05, 4.69) is 9.97 Å². The lowest BCUT2D eigenvalue weighted by molar-refractivity contribution is 0.0746. The molecule has 6 heteroatoms. The normalized spacial score (nSPS) is 12.0. The van der Waals surface area contributed by atoms with Crippen molar-refractivity contribution in [3.8, 4) is 22.5 Å². The van der Waals surface area contributed by atoms with Gasteiger partial charge >= 0.3 is 0 Å². The van der Waals surface area contributed by atoms with Gasteiger partial charge in [0.05, 0.1) is 17.5 Å². The van der Waals surface area contributed by atoms with Crippen LogP contribution in [0, 0.1) is 11.6 Å². The zero-order valence-electron chi connectivity index (χ0n) is 14.3. The third-order valence-corrected chi connectivity index (χ3v) is 4.43. The number of aliphatic hydroxyl groups is 1. The SMILES string of the molecule is CC(C)(O)c1ccn2c(-c3ccc(F)c(-c4ccc[nH]4)c3)cnc2c1F. The van der Waals surface area contributed by atoms with E-state index in [0.717, 1.165) is 0 Å².